The fraction of sp³-hybridized carbons (Fsp3) is 0.500. The predicted octanol–water partition coefficient (Wildman–Crippen LogP) is 4.61. The molecular weight excluding hydrogens is 383 g/mol. The van der Waals surface area contributed by atoms with Crippen molar-refractivity contribution in [2.24, 2.45) is 5.92 Å². The van der Waals surface area contributed by atoms with Crippen molar-refractivity contribution in [1.82, 2.24) is 4.90 Å². The molecule has 0 amide bonds. The number of anilines is 1. The molecule has 1 aliphatic rings. The summed E-state index contributed by atoms with van der Waals surface area (Å²) < 4.78 is 29.8. The second-order valence-electron chi connectivity index (χ2n) is 7.79. The number of piperidine rings is 1. The van der Waals surface area contributed by atoms with E-state index in [1.807, 2.05) is 6.07 Å². The number of nitrogens with one attached hydrogen (secondary N) is 1. The number of benzene rings is 2. The van der Waals surface area contributed by atoms with Crippen molar-refractivity contribution in [2.45, 2.75) is 25.7 Å². The normalized spacial score (nSPS) is 15.1. The van der Waals surface area contributed by atoms with Crippen LogP contribution in [-0.2, 0) is 6.42 Å². The first-order valence-electron chi connectivity index (χ1n) is 10.6. The van der Waals surface area contributed by atoms with Gasteiger partial charge >= 0.3 is 0 Å². The summed E-state index contributed by atoms with van der Waals surface area (Å²) in [6, 6.07) is 11.1. The minimum absolute atomic E-state index is 0.265. The molecule has 164 valence electrons. The number of methoxy groups -OCH3 is 3. The fourth-order valence-electron chi connectivity index (χ4n) is 4.00. The zero-order chi connectivity index (χ0) is 21.3. The average Bonchev–Trinajstić information content (AvgIpc) is 2.79. The first-order valence-corrected chi connectivity index (χ1v) is 10.6. The molecule has 3 rings (SSSR count). The number of hydrogen-bond donors (Lipinski definition) is 1. The van der Waals surface area contributed by atoms with E-state index in [-0.39, 0.29) is 5.82 Å². The Morgan fingerprint density at radius 1 is 0.967 bits per heavy atom. The van der Waals surface area contributed by atoms with E-state index in [9.17, 15) is 4.39 Å². The summed E-state index contributed by atoms with van der Waals surface area (Å²) >= 11 is 0. The van der Waals surface area contributed by atoms with E-state index in [0.717, 1.165) is 50.5 Å². The molecule has 1 fully saturated rings. The zero-order valence-electron chi connectivity index (χ0n) is 18.2. The van der Waals surface area contributed by atoms with Crippen LogP contribution in [0.25, 0.3) is 0 Å². The molecule has 30 heavy (non-hydrogen) atoms. The Morgan fingerprint density at radius 2 is 1.73 bits per heavy atom. The smallest absolute Gasteiger partial charge is 0.160 e. The highest BCUT2D eigenvalue weighted by atomic mass is 19.1. The lowest BCUT2D eigenvalue weighted by atomic mass is 9.93. The molecule has 1 aliphatic heterocycles. The number of ether oxygens (including phenoxy) is 3. The van der Waals surface area contributed by atoms with Crippen molar-refractivity contribution < 1.29 is 18.6 Å². The summed E-state index contributed by atoms with van der Waals surface area (Å²) in [6.07, 6.45) is 4.45. The maximum Gasteiger partial charge on any atom is 0.160 e. The van der Waals surface area contributed by atoms with Gasteiger partial charge in [-0.25, -0.2) is 4.39 Å². The molecule has 0 aliphatic carbocycles. The van der Waals surface area contributed by atoms with Crippen molar-refractivity contribution in [3.05, 3.63) is 47.8 Å². The SMILES string of the molecule is COc1ccc(NCCC2CCN(CCc3ccc(OC)c(OC)c3)CC2)c(F)c1. The van der Waals surface area contributed by atoms with Gasteiger partial charge in [0.2, 0.25) is 0 Å². The van der Waals surface area contributed by atoms with Crippen LogP contribution in [-0.4, -0.2) is 52.4 Å². The molecule has 0 unspecified atom stereocenters. The number of nitrogens with zero attached hydrogens (tertiary/aromatic N) is 1. The van der Waals surface area contributed by atoms with E-state index in [1.54, 1.807) is 33.5 Å². The van der Waals surface area contributed by atoms with Crippen LogP contribution in [0, 0.1) is 11.7 Å². The Bertz CT molecular complexity index is 807. The second-order valence-corrected chi connectivity index (χ2v) is 7.79. The molecule has 0 spiro atoms. The summed E-state index contributed by atoms with van der Waals surface area (Å²) in [5.74, 6) is 2.52. The molecule has 1 heterocycles. The number of rotatable bonds is 10. The van der Waals surface area contributed by atoms with E-state index < -0.39 is 0 Å². The van der Waals surface area contributed by atoms with E-state index in [1.165, 1.54) is 24.5 Å². The van der Waals surface area contributed by atoms with Crippen LogP contribution in [0.5, 0.6) is 17.2 Å². The van der Waals surface area contributed by atoms with Crippen molar-refractivity contribution in [1.29, 1.82) is 0 Å². The number of hydrogen-bond acceptors (Lipinski definition) is 5. The lowest BCUT2D eigenvalue weighted by molar-refractivity contribution is 0.183. The number of halogens is 1. The van der Waals surface area contributed by atoms with E-state index in [2.05, 4.69) is 22.3 Å². The summed E-state index contributed by atoms with van der Waals surface area (Å²) in [5, 5.41) is 3.22. The van der Waals surface area contributed by atoms with Gasteiger partial charge in [-0.3, -0.25) is 0 Å². The third-order valence-corrected chi connectivity index (χ3v) is 5.92. The third-order valence-electron chi connectivity index (χ3n) is 5.92. The number of likely N-dealkylation sites (tertiary alicyclic amines) is 1. The second kappa shape index (κ2) is 11.1. The van der Waals surface area contributed by atoms with Gasteiger partial charge < -0.3 is 24.4 Å². The summed E-state index contributed by atoms with van der Waals surface area (Å²) in [6.45, 7) is 4.08. The molecule has 1 saturated heterocycles. The zero-order valence-corrected chi connectivity index (χ0v) is 18.2. The highest BCUT2D eigenvalue weighted by molar-refractivity contribution is 5.48. The molecule has 0 aromatic heterocycles. The quantitative estimate of drug-likeness (QED) is 0.613. The minimum Gasteiger partial charge on any atom is -0.497 e. The third kappa shape index (κ3) is 6.02. The molecule has 0 atom stereocenters. The monoisotopic (exact) mass is 416 g/mol. The molecule has 5 nitrogen and oxygen atoms in total. The van der Waals surface area contributed by atoms with Gasteiger partial charge in [0, 0.05) is 19.2 Å². The Kier molecular flexibility index (Phi) is 8.20. The summed E-state index contributed by atoms with van der Waals surface area (Å²) in [7, 11) is 4.87. The summed E-state index contributed by atoms with van der Waals surface area (Å²) in [4.78, 5) is 2.53. The van der Waals surface area contributed by atoms with Crippen molar-refractivity contribution in [3.63, 3.8) is 0 Å². The fourth-order valence-corrected chi connectivity index (χ4v) is 4.00. The maximum atomic E-state index is 14.0. The highest BCUT2D eigenvalue weighted by Crippen LogP contribution is 2.28. The van der Waals surface area contributed by atoms with Crippen molar-refractivity contribution >= 4 is 5.69 Å². The van der Waals surface area contributed by atoms with E-state index in [0.29, 0.717) is 17.4 Å². The highest BCUT2D eigenvalue weighted by Gasteiger charge is 2.19. The Labute approximate surface area is 179 Å². The predicted molar refractivity (Wildman–Crippen MR) is 118 cm³/mol. The molecule has 0 radical (unpaired) electrons. The van der Waals surface area contributed by atoms with Crippen LogP contribution in [0.15, 0.2) is 36.4 Å². The Morgan fingerprint density at radius 3 is 2.40 bits per heavy atom. The molecular formula is C24H33FN2O3. The standard InChI is InChI=1S/C24H33FN2O3/c1-28-20-5-6-22(21(25)17-20)26-12-8-18-9-13-27(14-10-18)15-11-19-4-7-23(29-2)24(16-19)30-3/h4-7,16-18,26H,8-15H2,1-3H3. The maximum absolute atomic E-state index is 14.0. The molecule has 2 aromatic carbocycles. The van der Waals surface area contributed by atoms with Gasteiger partial charge in [-0.1, -0.05) is 6.07 Å². The van der Waals surface area contributed by atoms with Gasteiger partial charge in [-0.15, -0.1) is 0 Å². The van der Waals surface area contributed by atoms with Crippen LogP contribution < -0.4 is 19.5 Å². The van der Waals surface area contributed by atoms with Gasteiger partial charge in [0.1, 0.15) is 11.6 Å². The molecule has 1 N–H and O–H groups in total. The van der Waals surface area contributed by atoms with Crippen molar-refractivity contribution in [3.8, 4) is 17.2 Å². The van der Waals surface area contributed by atoms with Gasteiger partial charge in [0.25, 0.3) is 0 Å². The van der Waals surface area contributed by atoms with Crippen LogP contribution in [0.1, 0.15) is 24.8 Å². The average molecular weight is 417 g/mol. The van der Waals surface area contributed by atoms with Crippen LogP contribution in [0.3, 0.4) is 0 Å². The molecule has 2 aromatic rings. The Balaban J connectivity index is 1.37. The minimum atomic E-state index is -0.265. The lowest BCUT2D eigenvalue weighted by Gasteiger charge is -2.32. The first-order chi connectivity index (χ1) is 14.6. The molecule has 0 bridgehead atoms. The molecule has 0 saturated carbocycles. The van der Waals surface area contributed by atoms with Gasteiger partial charge in [0.05, 0.1) is 27.0 Å². The summed E-state index contributed by atoms with van der Waals surface area (Å²) in [5.41, 5.74) is 1.81. The van der Waals surface area contributed by atoms with Crippen LogP contribution >= 0.6 is 0 Å². The van der Waals surface area contributed by atoms with Gasteiger partial charge in [0.15, 0.2) is 11.5 Å². The first kappa shape index (κ1) is 22.2. The molecule has 6 heteroatoms. The Hall–Kier alpha value is -2.47. The lowest BCUT2D eigenvalue weighted by Crippen LogP contribution is -2.35. The van der Waals surface area contributed by atoms with Gasteiger partial charge in [-0.2, -0.15) is 0 Å². The van der Waals surface area contributed by atoms with Crippen LogP contribution in [0.4, 0.5) is 10.1 Å². The van der Waals surface area contributed by atoms with E-state index in [4.69, 9.17) is 14.2 Å². The van der Waals surface area contributed by atoms with Crippen molar-refractivity contribution in [2.75, 3.05) is 52.8 Å². The topological polar surface area (TPSA) is 43.0 Å². The van der Waals surface area contributed by atoms with Gasteiger partial charge in [-0.05, 0) is 74.5 Å². The van der Waals surface area contributed by atoms with Crippen LogP contribution in [0.2, 0.25) is 0 Å². The largest absolute Gasteiger partial charge is 0.497 e. The van der Waals surface area contributed by atoms with E-state index >= 15 is 0 Å².